The number of carbonyl (C=O) groups excluding carboxylic acids is 1. The molecule has 7 heteroatoms. The molecule has 0 fully saturated rings. The molecule has 0 saturated heterocycles. The Hall–Kier alpha value is -3.40. The van der Waals surface area contributed by atoms with Gasteiger partial charge >= 0.3 is 5.97 Å². The first-order valence-corrected chi connectivity index (χ1v) is 10.8. The van der Waals surface area contributed by atoms with Crippen molar-refractivity contribution < 1.29 is 13.9 Å². The lowest BCUT2D eigenvalue weighted by molar-refractivity contribution is 0.0505. The monoisotopic (exact) mass is 448 g/mol. The van der Waals surface area contributed by atoms with Gasteiger partial charge in [0.15, 0.2) is 0 Å². The van der Waals surface area contributed by atoms with Gasteiger partial charge in [-0.2, -0.15) is 5.26 Å². The summed E-state index contributed by atoms with van der Waals surface area (Å²) in [5.41, 5.74) is 2.24. The number of aromatic nitrogens is 1. The number of thiazole rings is 1. The third kappa shape index (κ3) is 4.53. The predicted molar refractivity (Wildman–Crippen MR) is 123 cm³/mol. The van der Waals surface area contributed by atoms with E-state index in [0.717, 1.165) is 16.6 Å². The van der Waals surface area contributed by atoms with E-state index >= 15 is 0 Å². The molecular weight excluding hydrogens is 432 g/mol. The minimum Gasteiger partial charge on any atom is -0.462 e. The van der Waals surface area contributed by atoms with Crippen molar-refractivity contribution in [1.29, 1.82) is 5.26 Å². The number of allylic oxidation sites excluding steroid dienone is 1. The maximum atomic E-state index is 12.2. The van der Waals surface area contributed by atoms with Gasteiger partial charge in [0.25, 0.3) is 0 Å². The summed E-state index contributed by atoms with van der Waals surface area (Å²) in [4.78, 5) is 16.8. The number of hydrogen-bond donors (Lipinski definition) is 0. The number of rotatable bonds is 6. The van der Waals surface area contributed by atoms with Gasteiger partial charge in [-0.1, -0.05) is 30.7 Å². The second kappa shape index (κ2) is 9.17. The molecule has 0 atom stereocenters. The molecule has 4 rings (SSSR count). The van der Waals surface area contributed by atoms with E-state index in [2.05, 4.69) is 11.1 Å². The smallest absolute Gasteiger partial charge is 0.339 e. The van der Waals surface area contributed by atoms with Gasteiger partial charge in [0, 0.05) is 11.6 Å². The molecule has 0 aliphatic heterocycles. The second-order valence-electron chi connectivity index (χ2n) is 6.69. The van der Waals surface area contributed by atoms with Gasteiger partial charge in [-0.05, 0) is 48.9 Å². The topological polar surface area (TPSA) is 76.1 Å². The second-order valence-corrected chi connectivity index (χ2v) is 8.13. The van der Waals surface area contributed by atoms with Gasteiger partial charge < -0.3 is 9.15 Å². The molecule has 31 heavy (non-hydrogen) atoms. The first-order chi connectivity index (χ1) is 15.1. The molecule has 0 amide bonds. The number of nitriles is 1. The number of nitrogens with zero attached hydrogens (tertiary/aromatic N) is 2. The number of hydrogen-bond acceptors (Lipinski definition) is 6. The fourth-order valence-electron chi connectivity index (χ4n) is 2.96. The number of benzene rings is 2. The van der Waals surface area contributed by atoms with Gasteiger partial charge in [-0.3, -0.25) is 0 Å². The van der Waals surface area contributed by atoms with E-state index in [1.807, 2.05) is 31.2 Å². The summed E-state index contributed by atoms with van der Waals surface area (Å²) in [6.07, 6.45) is 2.39. The Bertz CT molecular complexity index is 1300. The maximum absolute atomic E-state index is 12.2. The van der Waals surface area contributed by atoms with Crippen LogP contribution in [0.25, 0.3) is 33.2 Å². The fourth-order valence-corrected chi connectivity index (χ4v) is 4.09. The molecular formula is C24H17ClN2O3S. The van der Waals surface area contributed by atoms with Crippen LogP contribution in [0.1, 0.15) is 34.5 Å². The zero-order valence-corrected chi connectivity index (χ0v) is 18.2. The van der Waals surface area contributed by atoms with E-state index in [-0.39, 0.29) is 5.56 Å². The molecule has 0 bridgehead atoms. The maximum Gasteiger partial charge on any atom is 0.339 e. The summed E-state index contributed by atoms with van der Waals surface area (Å²) in [5, 5.41) is 10.6. The molecule has 5 nitrogen and oxygen atoms in total. The minimum atomic E-state index is -0.469. The number of para-hydroxylation sites is 1. The Balaban J connectivity index is 1.63. The lowest BCUT2D eigenvalue weighted by Gasteiger charge is -2.06. The average molecular weight is 449 g/mol. The fraction of sp³-hybridized carbons (Fsp3) is 0.125. The lowest BCUT2D eigenvalue weighted by atomic mass is 10.1. The Morgan fingerprint density at radius 3 is 2.87 bits per heavy atom. The Morgan fingerprint density at radius 1 is 1.26 bits per heavy atom. The highest BCUT2D eigenvalue weighted by Crippen LogP contribution is 2.31. The molecule has 4 aromatic rings. The molecule has 0 spiro atoms. The molecule has 2 heterocycles. The number of fused-ring (bicyclic) bond motifs is 1. The number of furan rings is 1. The van der Waals surface area contributed by atoms with E-state index in [4.69, 9.17) is 20.8 Å². The highest BCUT2D eigenvalue weighted by Gasteiger charge is 2.15. The van der Waals surface area contributed by atoms with Crippen LogP contribution in [0.3, 0.4) is 0 Å². The Labute approximate surface area is 188 Å². The summed E-state index contributed by atoms with van der Waals surface area (Å²) >= 11 is 7.62. The van der Waals surface area contributed by atoms with Crippen LogP contribution in [0.4, 0.5) is 0 Å². The van der Waals surface area contributed by atoms with Gasteiger partial charge in [-0.15, -0.1) is 11.3 Å². The average Bonchev–Trinajstić information content (AvgIpc) is 3.43. The lowest BCUT2D eigenvalue weighted by Crippen LogP contribution is -2.06. The third-order valence-corrected chi connectivity index (χ3v) is 5.87. The number of ether oxygens (including phenoxy) is 1. The standard InChI is InChI=1S/C24H17ClN2O3S/c1-2-11-29-24(28)18-13-15(7-9-19(18)25)21-10-8-17(30-21)12-16(14-26)23-27-20-5-3-4-6-22(20)31-23/h3-10,12-13H,2,11H2,1H3/b16-12-. The quantitative estimate of drug-likeness (QED) is 0.238. The summed E-state index contributed by atoms with van der Waals surface area (Å²) in [6.45, 7) is 2.25. The zero-order valence-electron chi connectivity index (χ0n) is 16.6. The number of esters is 1. The van der Waals surface area contributed by atoms with E-state index in [0.29, 0.717) is 39.3 Å². The van der Waals surface area contributed by atoms with E-state index in [9.17, 15) is 10.1 Å². The van der Waals surface area contributed by atoms with Gasteiger partial charge in [0.1, 0.15) is 22.6 Å². The van der Waals surface area contributed by atoms with Crippen LogP contribution in [0.15, 0.2) is 59.0 Å². The van der Waals surface area contributed by atoms with Crippen molar-refractivity contribution in [2.24, 2.45) is 0 Å². The van der Waals surface area contributed by atoms with Crippen LogP contribution in [-0.4, -0.2) is 17.6 Å². The van der Waals surface area contributed by atoms with E-state index in [1.165, 1.54) is 11.3 Å². The summed E-state index contributed by atoms with van der Waals surface area (Å²) < 4.78 is 12.1. The highest BCUT2D eigenvalue weighted by molar-refractivity contribution is 7.19. The number of halogens is 1. The van der Waals surface area contributed by atoms with Crippen LogP contribution in [0, 0.1) is 11.3 Å². The normalized spacial score (nSPS) is 11.5. The van der Waals surface area contributed by atoms with Crippen molar-refractivity contribution in [2.75, 3.05) is 6.61 Å². The molecule has 2 aromatic carbocycles. The summed E-state index contributed by atoms with van der Waals surface area (Å²) in [6, 6.07) is 18.5. The predicted octanol–water partition coefficient (Wildman–Crippen LogP) is 6.84. The largest absolute Gasteiger partial charge is 0.462 e. The molecule has 0 radical (unpaired) electrons. The van der Waals surface area contributed by atoms with Crippen molar-refractivity contribution in [3.63, 3.8) is 0 Å². The SMILES string of the molecule is CCCOC(=O)c1cc(-c2ccc(/C=C(/C#N)c3nc4ccccc4s3)o2)ccc1Cl. The molecule has 0 aliphatic carbocycles. The highest BCUT2D eigenvalue weighted by atomic mass is 35.5. The Kier molecular flexibility index (Phi) is 6.17. The molecule has 0 saturated carbocycles. The van der Waals surface area contributed by atoms with Crippen LogP contribution in [0.5, 0.6) is 0 Å². The first-order valence-electron chi connectivity index (χ1n) is 9.63. The molecule has 2 aromatic heterocycles. The zero-order chi connectivity index (χ0) is 21.8. The van der Waals surface area contributed by atoms with Crippen LogP contribution >= 0.6 is 22.9 Å². The van der Waals surface area contributed by atoms with Crippen molar-refractivity contribution in [1.82, 2.24) is 4.98 Å². The number of carbonyl (C=O) groups is 1. The first kappa shape index (κ1) is 20.9. The molecule has 0 N–H and O–H groups in total. The van der Waals surface area contributed by atoms with Gasteiger partial charge in [-0.25, -0.2) is 9.78 Å². The van der Waals surface area contributed by atoms with Crippen LogP contribution in [-0.2, 0) is 4.74 Å². The van der Waals surface area contributed by atoms with E-state index < -0.39 is 5.97 Å². The molecule has 0 unspecified atom stereocenters. The minimum absolute atomic E-state index is 0.285. The van der Waals surface area contributed by atoms with Crippen LogP contribution in [0.2, 0.25) is 5.02 Å². The molecule has 0 aliphatic rings. The van der Waals surface area contributed by atoms with Gasteiger partial charge in [0.05, 0.1) is 33.0 Å². The summed E-state index contributed by atoms with van der Waals surface area (Å²) in [7, 11) is 0. The van der Waals surface area contributed by atoms with Crippen LogP contribution < -0.4 is 0 Å². The van der Waals surface area contributed by atoms with Crippen molar-refractivity contribution in [3.05, 3.63) is 76.0 Å². The van der Waals surface area contributed by atoms with Crippen molar-refractivity contribution in [3.8, 4) is 17.4 Å². The Morgan fingerprint density at radius 2 is 2.10 bits per heavy atom. The van der Waals surface area contributed by atoms with Crippen molar-refractivity contribution >= 4 is 50.8 Å². The van der Waals surface area contributed by atoms with E-state index in [1.54, 1.807) is 36.4 Å². The summed E-state index contributed by atoms with van der Waals surface area (Å²) in [5.74, 6) is 0.591. The third-order valence-electron chi connectivity index (χ3n) is 4.47. The van der Waals surface area contributed by atoms with Crippen molar-refractivity contribution in [2.45, 2.75) is 13.3 Å². The van der Waals surface area contributed by atoms with Gasteiger partial charge in [0.2, 0.25) is 0 Å². The molecule has 154 valence electrons.